The van der Waals surface area contributed by atoms with Crippen LogP contribution in [-0.2, 0) is 34.4 Å². The fraction of sp³-hybridized carbons (Fsp3) is 0.949. The SMILES string of the molecule is CCCCCCCCOC(CCCCCN(CCCCCC(OCCCCCCCC)O[Si](C)(C)CCCCCCCC)Cc1cn([C@@H]2O[C@H](CO)[C@@H](O)[C@H](O)[C@H]2NC(C)=O)nn1)O[Si](C)(C)CCCCCCCC. The molecular weight excluding hydrogens is 979 g/mol. The molecule has 75 heavy (non-hydrogen) atoms. The Balaban J connectivity index is 2.15. The molecule has 0 aromatic carbocycles. The average Bonchev–Trinajstić information content (AvgIpc) is 3.84. The number of unbranched alkanes of at least 4 members (excludes halogenated alkanes) is 24. The second kappa shape index (κ2) is 43.5. The van der Waals surface area contributed by atoms with Crippen LogP contribution in [0.4, 0.5) is 0 Å². The molecule has 0 saturated carbocycles. The number of aliphatic hydroxyl groups is 3. The van der Waals surface area contributed by atoms with Gasteiger partial charge in [-0.25, -0.2) is 4.68 Å². The zero-order valence-corrected chi connectivity index (χ0v) is 52.0. The third-order valence-corrected chi connectivity index (χ3v) is 20.0. The topological polar surface area (TPSA) is 170 Å². The van der Waals surface area contributed by atoms with Gasteiger partial charge < -0.3 is 43.7 Å². The maximum absolute atomic E-state index is 12.2. The van der Waals surface area contributed by atoms with Crippen molar-refractivity contribution in [2.24, 2.45) is 0 Å². The molecule has 2 heterocycles. The van der Waals surface area contributed by atoms with E-state index >= 15 is 0 Å². The Labute approximate surface area is 461 Å². The van der Waals surface area contributed by atoms with E-state index in [1.165, 1.54) is 165 Å². The quantitative estimate of drug-likeness (QED) is 0.0277. The second-order valence-electron chi connectivity index (χ2n) is 23.5. The minimum absolute atomic E-state index is 0.145. The van der Waals surface area contributed by atoms with Crippen molar-refractivity contribution in [2.75, 3.05) is 32.9 Å². The largest absolute Gasteiger partial charge is 0.394 e. The van der Waals surface area contributed by atoms with Crippen molar-refractivity contribution < 1.29 is 43.2 Å². The van der Waals surface area contributed by atoms with Crippen molar-refractivity contribution in [2.45, 2.75) is 328 Å². The van der Waals surface area contributed by atoms with Crippen LogP contribution in [0.1, 0.15) is 252 Å². The third kappa shape index (κ3) is 33.8. The lowest BCUT2D eigenvalue weighted by molar-refractivity contribution is -0.219. The number of hydrogen-bond donors (Lipinski definition) is 4. The lowest BCUT2D eigenvalue weighted by Crippen LogP contribution is -2.62. The van der Waals surface area contributed by atoms with Gasteiger partial charge in [0.05, 0.1) is 18.5 Å². The first-order valence-corrected chi connectivity index (χ1v) is 37.5. The summed E-state index contributed by atoms with van der Waals surface area (Å²) in [5.74, 6) is -0.378. The zero-order valence-electron chi connectivity index (χ0n) is 50.0. The first-order chi connectivity index (χ1) is 36.2. The highest BCUT2D eigenvalue weighted by atomic mass is 28.4. The molecule has 1 amide bonds. The normalized spacial score (nSPS) is 19.3. The van der Waals surface area contributed by atoms with Gasteiger partial charge in [-0.1, -0.05) is 187 Å². The summed E-state index contributed by atoms with van der Waals surface area (Å²) >= 11 is 0. The zero-order chi connectivity index (χ0) is 55.0. The minimum atomic E-state index is -1.88. The predicted octanol–water partition coefficient (Wildman–Crippen LogP) is 13.9. The van der Waals surface area contributed by atoms with E-state index in [0.717, 1.165) is 96.2 Å². The monoisotopic (exact) mass is 1100 g/mol. The van der Waals surface area contributed by atoms with Crippen LogP contribution in [0.3, 0.4) is 0 Å². The Bertz CT molecular complexity index is 1430. The molecule has 1 aromatic heterocycles. The predicted molar refractivity (Wildman–Crippen MR) is 313 cm³/mol. The first kappa shape index (κ1) is 69.8. The molecule has 1 aromatic rings. The second-order valence-corrected chi connectivity index (χ2v) is 32.1. The smallest absolute Gasteiger partial charge is 0.217 e. The van der Waals surface area contributed by atoms with E-state index in [0.29, 0.717) is 6.54 Å². The van der Waals surface area contributed by atoms with Crippen LogP contribution in [0.2, 0.25) is 38.3 Å². The molecule has 16 heteroatoms. The van der Waals surface area contributed by atoms with Gasteiger partial charge in [0, 0.05) is 26.7 Å². The number of carbonyl (C=O) groups excluding carboxylic acids is 1. The highest BCUT2D eigenvalue weighted by Gasteiger charge is 2.46. The van der Waals surface area contributed by atoms with Crippen LogP contribution in [0.15, 0.2) is 6.20 Å². The van der Waals surface area contributed by atoms with Gasteiger partial charge >= 0.3 is 0 Å². The van der Waals surface area contributed by atoms with E-state index in [1.807, 2.05) is 0 Å². The summed E-state index contributed by atoms with van der Waals surface area (Å²) in [6, 6.07) is 1.38. The molecule has 1 aliphatic rings. The Kier molecular flexibility index (Phi) is 40.5. The number of aliphatic hydroxyl groups excluding tert-OH is 3. The fourth-order valence-corrected chi connectivity index (χ4v) is 14.6. The molecule has 0 bridgehead atoms. The highest BCUT2D eigenvalue weighted by molar-refractivity contribution is 6.71. The lowest BCUT2D eigenvalue weighted by atomic mass is 9.96. The Hall–Kier alpha value is -1.32. The summed E-state index contributed by atoms with van der Waals surface area (Å²) in [7, 11) is -3.77. The summed E-state index contributed by atoms with van der Waals surface area (Å²) in [5.41, 5.74) is 0.740. The van der Waals surface area contributed by atoms with Crippen LogP contribution in [-0.4, -0.2) is 128 Å². The molecular formula is C59H119N5O9Si2. The molecule has 2 rings (SSSR count). The lowest BCUT2D eigenvalue weighted by Gasteiger charge is -2.42. The number of carbonyl (C=O) groups is 1. The van der Waals surface area contributed by atoms with Crippen LogP contribution in [0.5, 0.6) is 0 Å². The number of hydrogen-bond acceptors (Lipinski definition) is 12. The molecule has 7 atom stereocenters. The van der Waals surface area contributed by atoms with E-state index in [-0.39, 0.29) is 18.5 Å². The summed E-state index contributed by atoms with van der Waals surface area (Å²) < 4.78 is 34.5. The summed E-state index contributed by atoms with van der Waals surface area (Å²) in [5, 5.41) is 43.3. The third-order valence-electron chi connectivity index (χ3n) is 15.1. The fourth-order valence-electron chi connectivity index (χ4n) is 10.4. The molecule has 4 N–H and O–H groups in total. The number of nitrogens with zero attached hydrogens (tertiary/aromatic N) is 4. The number of amides is 1. The minimum Gasteiger partial charge on any atom is -0.394 e. The van der Waals surface area contributed by atoms with Gasteiger partial charge in [-0.05, 0) is 103 Å². The van der Waals surface area contributed by atoms with Crippen LogP contribution in [0.25, 0.3) is 0 Å². The van der Waals surface area contributed by atoms with E-state index in [4.69, 9.17) is 23.1 Å². The maximum atomic E-state index is 12.2. The van der Waals surface area contributed by atoms with Gasteiger partial charge in [-0.15, -0.1) is 5.10 Å². The van der Waals surface area contributed by atoms with Gasteiger partial charge in [0.25, 0.3) is 0 Å². The summed E-state index contributed by atoms with van der Waals surface area (Å²) in [6.45, 7) is 23.3. The van der Waals surface area contributed by atoms with Gasteiger partial charge in [0.15, 0.2) is 22.9 Å². The summed E-state index contributed by atoms with van der Waals surface area (Å²) in [4.78, 5) is 14.7. The number of rotatable bonds is 51. The van der Waals surface area contributed by atoms with E-state index < -0.39 is 53.8 Å². The van der Waals surface area contributed by atoms with Gasteiger partial charge in [-0.2, -0.15) is 0 Å². The van der Waals surface area contributed by atoms with Crippen molar-refractivity contribution in [3.63, 3.8) is 0 Å². The molecule has 14 nitrogen and oxygen atoms in total. The molecule has 1 aliphatic heterocycles. The van der Waals surface area contributed by atoms with Crippen LogP contribution in [0, 0.1) is 0 Å². The molecule has 1 saturated heterocycles. The van der Waals surface area contributed by atoms with Crippen molar-refractivity contribution in [1.82, 2.24) is 25.2 Å². The molecule has 0 radical (unpaired) electrons. The van der Waals surface area contributed by atoms with Crippen molar-refractivity contribution in [3.8, 4) is 0 Å². The Morgan fingerprint density at radius 3 is 1.47 bits per heavy atom. The summed E-state index contributed by atoms with van der Waals surface area (Å²) in [6.07, 6.45) is 35.4. The molecule has 2 unspecified atom stereocenters. The van der Waals surface area contributed by atoms with Crippen molar-refractivity contribution in [1.29, 1.82) is 0 Å². The maximum Gasteiger partial charge on any atom is 0.217 e. The molecule has 0 spiro atoms. The van der Waals surface area contributed by atoms with Crippen LogP contribution >= 0.6 is 0 Å². The van der Waals surface area contributed by atoms with Crippen LogP contribution < -0.4 is 5.32 Å². The van der Waals surface area contributed by atoms with Gasteiger partial charge in [0.1, 0.15) is 36.9 Å². The number of nitrogens with one attached hydrogen (secondary N) is 1. The van der Waals surface area contributed by atoms with E-state index in [2.05, 4.69) is 74.4 Å². The Morgan fingerprint density at radius 1 is 0.627 bits per heavy atom. The first-order valence-electron chi connectivity index (χ1n) is 31.3. The number of ether oxygens (including phenoxy) is 3. The molecule has 0 aliphatic carbocycles. The standard InChI is InChI=1S/C59H119N5O9Si2/c1-10-14-18-22-26-36-44-69-54(72-74(6,7)46-38-28-24-20-16-12-3)40-32-30-34-42-63(48-52-49-64(62-61-52)59-56(60-51(5)66)58(68)57(67)53(50-65)71-59)43-35-31-33-41-55(70-45-37-27-23-19-15-11-2)73-75(8,9)47-39-29-25-21-17-13-4/h49,53-59,65,67-68H,10-48,50H2,1-9H3,(H,60,66)/t53-,54?,55?,56-,57-,58-,59-/m1/s1. The van der Waals surface area contributed by atoms with Gasteiger partial charge in [0.2, 0.25) is 5.91 Å². The molecule has 1 fully saturated rings. The van der Waals surface area contributed by atoms with Crippen molar-refractivity contribution in [3.05, 3.63) is 11.9 Å². The highest BCUT2D eigenvalue weighted by Crippen LogP contribution is 2.29. The Morgan fingerprint density at radius 2 is 1.04 bits per heavy atom. The number of aromatic nitrogens is 3. The van der Waals surface area contributed by atoms with E-state index in [1.54, 1.807) is 6.20 Å². The van der Waals surface area contributed by atoms with E-state index in [9.17, 15) is 20.1 Å². The molecule has 442 valence electrons. The van der Waals surface area contributed by atoms with Crippen molar-refractivity contribution >= 4 is 22.5 Å². The average molecular weight is 1100 g/mol. The van der Waals surface area contributed by atoms with Gasteiger partial charge in [-0.3, -0.25) is 9.69 Å².